The Balaban J connectivity index is 1.47. The van der Waals surface area contributed by atoms with Crippen molar-refractivity contribution >= 4 is 29.1 Å². The maximum Gasteiger partial charge on any atom is 0.251 e. The van der Waals surface area contributed by atoms with Crippen LogP contribution in [0.2, 0.25) is 0 Å². The number of nitrogens with zero attached hydrogens (tertiary/aromatic N) is 1. The van der Waals surface area contributed by atoms with Crippen molar-refractivity contribution in [2.75, 3.05) is 6.54 Å². The lowest BCUT2D eigenvalue weighted by Crippen LogP contribution is -2.24. The topological polar surface area (TPSA) is 41.5 Å². The molecule has 0 atom stereocenters. The number of fused-ring (bicyclic) bond motifs is 2. The molecule has 0 bridgehead atoms. The average molecular weight is 415 g/mol. The Labute approximate surface area is 182 Å². The summed E-state index contributed by atoms with van der Waals surface area (Å²) in [5.74, 6) is -0.0372. The number of carbonyl (C=O) groups is 1. The summed E-state index contributed by atoms with van der Waals surface area (Å²) in [5.41, 5.74) is 5.15. The van der Waals surface area contributed by atoms with Gasteiger partial charge in [-0.25, -0.2) is 0 Å². The molecule has 0 aliphatic carbocycles. The quantitative estimate of drug-likeness (QED) is 0.452. The zero-order valence-corrected chi connectivity index (χ0v) is 18.0. The van der Waals surface area contributed by atoms with Gasteiger partial charge in [0.25, 0.3) is 5.91 Å². The van der Waals surface area contributed by atoms with Crippen LogP contribution in [0.15, 0.2) is 87.6 Å². The molecule has 152 valence electrons. The summed E-state index contributed by atoms with van der Waals surface area (Å²) in [6, 6.07) is 24.6. The van der Waals surface area contributed by atoms with Crippen LogP contribution >= 0.6 is 11.8 Å². The van der Waals surface area contributed by atoms with Gasteiger partial charge in [0.2, 0.25) is 0 Å². The van der Waals surface area contributed by atoms with E-state index in [2.05, 4.69) is 48.6 Å². The molecule has 0 saturated heterocycles. The number of hydrogen-bond acceptors (Lipinski definition) is 3. The van der Waals surface area contributed by atoms with Gasteiger partial charge in [-0.05, 0) is 49.1 Å². The second kappa shape index (κ2) is 9.77. The molecule has 0 saturated carbocycles. The third-order valence-corrected chi connectivity index (χ3v) is 6.29. The van der Waals surface area contributed by atoms with Crippen LogP contribution in [0.1, 0.15) is 47.7 Å². The zero-order chi connectivity index (χ0) is 20.8. The monoisotopic (exact) mass is 414 g/mol. The Kier molecular flexibility index (Phi) is 6.65. The zero-order valence-electron chi connectivity index (χ0n) is 17.2. The van der Waals surface area contributed by atoms with Crippen LogP contribution in [0, 0.1) is 0 Å². The Morgan fingerprint density at radius 1 is 0.933 bits per heavy atom. The second-order valence-corrected chi connectivity index (χ2v) is 8.52. The fraction of sp³-hybridized carbons (Fsp3) is 0.231. The Morgan fingerprint density at radius 3 is 2.57 bits per heavy atom. The first-order valence-corrected chi connectivity index (χ1v) is 11.4. The van der Waals surface area contributed by atoms with E-state index in [0.717, 1.165) is 42.0 Å². The molecule has 0 spiro atoms. The summed E-state index contributed by atoms with van der Waals surface area (Å²) in [5, 5.41) is 3.05. The van der Waals surface area contributed by atoms with Crippen LogP contribution in [0.4, 0.5) is 5.69 Å². The van der Waals surface area contributed by atoms with E-state index < -0.39 is 0 Å². The number of aliphatic imine (C=N–C) groups is 1. The van der Waals surface area contributed by atoms with Crippen molar-refractivity contribution in [3.8, 4) is 0 Å². The second-order valence-electron chi connectivity index (χ2n) is 7.43. The standard InChI is InChI=1S/C26H26N2OS/c1-2-9-22-21-13-6-7-14-24(21)30-25-16-15-20(18-23(25)28-22)26(29)27-17-8-12-19-10-4-3-5-11-19/h3-7,10-11,13-16,18H,2,8-9,12,17H2,1H3,(H,27,29). The van der Waals surface area contributed by atoms with Gasteiger partial charge in [0.1, 0.15) is 0 Å². The molecule has 0 radical (unpaired) electrons. The summed E-state index contributed by atoms with van der Waals surface area (Å²) >= 11 is 1.73. The lowest BCUT2D eigenvalue weighted by atomic mass is 10.1. The van der Waals surface area contributed by atoms with E-state index >= 15 is 0 Å². The molecule has 1 heterocycles. The van der Waals surface area contributed by atoms with E-state index in [4.69, 9.17) is 4.99 Å². The largest absolute Gasteiger partial charge is 0.352 e. The van der Waals surface area contributed by atoms with Crippen LogP contribution in [-0.4, -0.2) is 18.2 Å². The summed E-state index contributed by atoms with van der Waals surface area (Å²) in [4.78, 5) is 20.0. The van der Waals surface area contributed by atoms with Crippen molar-refractivity contribution in [1.29, 1.82) is 0 Å². The minimum atomic E-state index is -0.0372. The molecule has 3 aromatic carbocycles. The Bertz CT molecular complexity index is 1060. The lowest BCUT2D eigenvalue weighted by Gasteiger charge is -2.08. The van der Waals surface area contributed by atoms with E-state index in [0.29, 0.717) is 12.1 Å². The van der Waals surface area contributed by atoms with E-state index in [-0.39, 0.29) is 5.91 Å². The van der Waals surface area contributed by atoms with Crippen LogP contribution in [0.5, 0.6) is 0 Å². The molecule has 1 amide bonds. The molecular weight excluding hydrogens is 388 g/mol. The van der Waals surface area contributed by atoms with Crippen molar-refractivity contribution < 1.29 is 4.79 Å². The maximum absolute atomic E-state index is 12.7. The molecule has 0 unspecified atom stereocenters. The predicted molar refractivity (Wildman–Crippen MR) is 125 cm³/mol. The van der Waals surface area contributed by atoms with Gasteiger partial charge < -0.3 is 5.32 Å². The predicted octanol–water partition coefficient (Wildman–Crippen LogP) is 6.43. The van der Waals surface area contributed by atoms with E-state index in [1.807, 2.05) is 36.4 Å². The lowest BCUT2D eigenvalue weighted by molar-refractivity contribution is 0.0953. The number of carbonyl (C=O) groups excluding carboxylic acids is 1. The number of benzene rings is 3. The SMILES string of the molecule is CCCC1=Nc2cc(C(=O)NCCCc3ccccc3)ccc2Sc2ccccc21. The molecule has 3 nitrogen and oxygen atoms in total. The van der Waals surface area contributed by atoms with Crippen LogP contribution in [0.25, 0.3) is 0 Å². The van der Waals surface area contributed by atoms with Gasteiger partial charge in [0, 0.05) is 33.2 Å². The summed E-state index contributed by atoms with van der Waals surface area (Å²) in [6.45, 7) is 2.83. The van der Waals surface area contributed by atoms with Crippen molar-refractivity contribution in [3.63, 3.8) is 0 Å². The van der Waals surface area contributed by atoms with Crippen LogP contribution in [0.3, 0.4) is 0 Å². The highest BCUT2D eigenvalue weighted by Crippen LogP contribution is 2.41. The highest BCUT2D eigenvalue weighted by atomic mass is 32.2. The van der Waals surface area contributed by atoms with Gasteiger partial charge >= 0.3 is 0 Å². The van der Waals surface area contributed by atoms with E-state index in [1.54, 1.807) is 11.8 Å². The molecule has 1 aliphatic heterocycles. The van der Waals surface area contributed by atoms with Gasteiger partial charge in [-0.15, -0.1) is 0 Å². The van der Waals surface area contributed by atoms with Crippen LogP contribution < -0.4 is 5.32 Å². The third kappa shape index (κ3) is 4.82. The van der Waals surface area contributed by atoms with E-state index in [1.165, 1.54) is 16.0 Å². The van der Waals surface area contributed by atoms with Crippen molar-refractivity contribution in [2.45, 2.75) is 42.4 Å². The number of nitrogens with one attached hydrogen (secondary N) is 1. The van der Waals surface area contributed by atoms with Gasteiger partial charge in [-0.1, -0.05) is 73.6 Å². The Morgan fingerprint density at radius 2 is 1.73 bits per heavy atom. The first-order chi connectivity index (χ1) is 14.7. The molecule has 0 aromatic heterocycles. The van der Waals surface area contributed by atoms with Gasteiger partial charge in [-0.3, -0.25) is 9.79 Å². The first kappa shape index (κ1) is 20.4. The molecule has 4 rings (SSSR count). The molecule has 1 aliphatic rings. The normalized spacial score (nSPS) is 12.4. The highest BCUT2D eigenvalue weighted by Gasteiger charge is 2.18. The smallest absolute Gasteiger partial charge is 0.251 e. The third-order valence-electron chi connectivity index (χ3n) is 5.15. The number of aryl methyl sites for hydroxylation is 1. The molecule has 3 aromatic rings. The van der Waals surface area contributed by atoms with E-state index in [9.17, 15) is 4.79 Å². The molecular formula is C26H26N2OS. The molecule has 0 fully saturated rings. The maximum atomic E-state index is 12.7. The number of amides is 1. The highest BCUT2D eigenvalue weighted by molar-refractivity contribution is 7.99. The first-order valence-electron chi connectivity index (χ1n) is 10.6. The van der Waals surface area contributed by atoms with Gasteiger partial charge in [0.05, 0.1) is 5.69 Å². The fourth-order valence-electron chi connectivity index (χ4n) is 3.62. The van der Waals surface area contributed by atoms with Gasteiger partial charge in [-0.2, -0.15) is 0 Å². The van der Waals surface area contributed by atoms with Crippen LogP contribution in [-0.2, 0) is 6.42 Å². The van der Waals surface area contributed by atoms with Crippen molar-refractivity contribution in [3.05, 3.63) is 89.5 Å². The molecule has 30 heavy (non-hydrogen) atoms. The minimum Gasteiger partial charge on any atom is -0.352 e. The van der Waals surface area contributed by atoms with Gasteiger partial charge in [0.15, 0.2) is 0 Å². The van der Waals surface area contributed by atoms with Crippen molar-refractivity contribution in [1.82, 2.24) is 5.32 Å². The minimum absolute atomic E-state index is 0.0372. The average Bonchev–Trinajstić information content (AvgIpc) is 2.93. The number of hydrogen-bond donors (Lipinski definition) is 1. The molecule has 1 N–H and O–H groups in total. The Hall–Kier alpha value is -2.85. The summed E-state index contributed by atoms with van der Waals surface area (Å²) in [6.07, 6.45) is 3.84. The fourth-order valence-corrected chi connectivity index (χ4v) is 4.64. The molecule has 4 heteroatoms. The number of rotatable bonds is 7. The summed E-state index contributed by atoms with van der Waals surface area (Å²) < 4.78 is 0. The van der Waals surface area contributed by atoms with Crippen molar-refractivity contribution in [2.24, 2.45) is 4.99 Å². The summed E-state index contributed by atoms with van der Waals surface area (Å²) in [7, 11) is 0.